The summed E-state index contributed by atoms with van der Waals surface area (Å²) < 4.78 is 5.37. The van der Waals surface area contributed by atoms with Gasteiger partial charge in [0.2, 0.25) is 0 Å². The van der Waals surface area contributed by atoms with Gasteiger partial charge in [0, 0.05) is 23.5 Å². The van der Waals surface area contributed by atoms with Crippen LogP contribution in [0.15, 0.2) is 28.9 Å². The molecule has 1 saturated heterocycles. The molecule has 142 valence electrons. The molecule has 0 bridgehead atoms. The number of hydrogen-bond donors (Lipinski definition) is 1. The lowest BCUT2D eigenvalue weighted by Crippen LogP contribution is -2.45. The minimum atomic E-state index is -0.868. The average Bonchev–Trinajstić information content (AvgIpc) is 3.12. The highest BCUT2D eigenvalue weighted by Gasteiger charge is 2.36. The van der Waals surface area contributed by atoms with Crippen LogP contribution in [0.1, 0.15) is 18.7 Å². The molecule has 1 aromatic heterocycles. The summed E-state index contributed by atoms with van der Waals surface area (Å²) >= 11 is 1.55. The van der Waals surface area contributed by atoms with Crippen LogP contribution in [0.4, 0.5) is 5.00 Å². The summed E-state index contributed by atoms with van der Waals surface area (Å²) in [6.45, 7) is 5.99. The maximum Gasteiger partial charge on any atom is 0.271 e. The normalized spacial score (nSPS) is 21.0. The van der Waals surface area contributed by atoms with Crippen LogP contribution in [0.3, 0.4) is 0 Å². The molecule has 2 amide bonds. The lowest BCUT2D eigenvalue weighted by atomic mass is 9.94. The summed E-state index contributed by atoms with van der Waals surface area (Å²) in [5.74, 6) is -1.14. The molecular formula is C19H21N3O4S. The molecule has 1 fully saturated rings. The molecule has 7 nitrogen and oxygen atoms in total. The number of β-amino-alcohol motifs (C(OH)–C–C–N with tert-alkyl or cyclic N) is 1. The van der Waals surface area contributed by atoms with Crippen LogP contribution in [0.25, 0.3) is 6.08 Å². The Morgan fingerprint density at radius 3 is 2.67 bits per heavy atom. The zero-order valence-corrected chi connectivity index (χ0v) is 16.1. The van der Waals surface area contributed by atoms with Crippen LogP contribution in [-0.4, -0.2) is 60.8 Å². The third-order valence-corrected chi connectivity index (χ3v) is 5.59. The summed E-state index contributed by atoms with van der Waals surface area (Å²) in [7, 11) is 0. The number of ether oxygens (including phenoxy) is 1. The van der Waals surface area contributed by atoms with E-state index in [2.05, 4.69) is 4.90 Å². The van der Waals surface area contributed by atoms with E-state index in [9.17, 15) is 20.0 Å². The monoisotopic (exact) mass is 387 g/mol. The van der Waals surface area contributed by atoms with Crippen molar-refractivity contribution in [3.63, 3.8) is 0 Å². The third-order valence-electron chi connectivity index (χ3n) is 4.49. The Labute approximate surface area is 161 Å². The van der Waals surface area contributed by atoms with Crippen LogP contribution in [0, 0.1) is 11.3 Å². The molecule has 0 aromatic carbocycles. The van der Waals surface area contributed by atoms with Gasteiger partial charge in [0.15, 0.2) is 0 Å². The van der Waals surface area contributed by atoms with Gasteiger partial charge in [0.1, 0.15) is 11.6 Å². The summed E-state index contributed by atoms with van der Waals surface area (Å²) in [4.78, 5) is 29.2. The first-order valence-electron chi connectivity index (χ1n) is 8.72. The van der Waals surface area contributed by atoms with Crippen molar-refractivity contribution in [2.45, 2.75) is 20.0 Å². The van der Waals surface area contributed by atoms with Gasteiger partial charge >= 0.3 is 0 Å². The van der Waals surface area contributed by atoms with Crippen molar-refractivity contribution in [3.05, 3.63) is 33.7 Å². The molecule has 0 saturated carbocycles. The number of amides is 2. The zero-order chi connectivity index (χ0) is 19.6. The van der Waals surface area contributed by atoms with Crippen molar-refractivity contribution < 1.29 is 19.4 Å². The van der Waals surface area contributed by atoms with Crippen molar-refractivity contribution in [1.29, 1.82) is 5.26 Å². The maximum absolute atomic E-state index is 12.8. The molecular weight excluding hydrogens is 366 g/mol. The maximum atomic E-state index is 12.8. The van der Waals surface area contributed by atoms with E-state index in [0.29, 0.717) is 24.4 Å². The SMILES string of the molecule is CC1=C(C#N)C(=O)N(CC(C)O)C(=O)/C1=C/c1ccc(N2CCOCC2)s1. The van der Waals surface area contributed by atoms with Crippen molar-refractivity contribution >= 4 is 34.2 Å². The van der Waals surface area contributed by atoms with Gasteiger partial charge in [0.25, 0.3) is 11.8 Å². The highest BCUT2D eigenvalue weighted by Crippen LogP contribution is 2.32. The number of anilines is 1. The zero-order valence-electron chi connectivity index (χ0n) is 15.3. The van der Waals surface area contributed by atoms with Gasteiger partial charge in [0.05, 0.1) is 30.9 Å². The lowest BCUT2D eigenvalue weighted by molar-refractivity contribution is -0.141. The van der Waals surface area contributed by atoms with E-state index >= 15 is 0 Å². The number of imide groups is 1. The number of aliphatic hydroxyl groups excluding tert-OH is 1. The summed E-state index contributed by atoms with van der Waals surface area (Å²) in [6.07, 6.45) is 0.845. The van der Waals surface area contributed by atoms with Crippen molar-refractivity contribution in [3.8, 4) is 6.07 Å². The summed E-state index contributed by atoms with van der Waals surface area (Å²) in [6, 6.07) is 5.81. The fourth-order valence-electron chi connectivity index (χ4n) is 3.08. The highest BCUT2D eigenvalue weighted by atomic mass is 32.1. The van der Waals surface area contributed by atoms with Gasteiger partial charge in [-0.1, -0.05) is 0 Å². The molecule has 1 aromatic rings. The van der Waals surface area contributed by atoms with Gasteiger partial charge in [-0.05, 0) is 37.6 Å². The van der Waals surface area contributed by atoms with E-state index in [1.54, 1.807) is 24.3 Å². The predicted molar refractivity (Wildman–Crippen MR) is 102 cm³/mol. The first-order valence-corrected chi connectivity index (χ1v) is 9.54. The highest BCUT2D eigenvalue weighted by molar-refractivity contribution is 7.17. The molecule has 1 unspecified atom stereocenters. The largest absolute Gasteiger partial charge is 0.392 e. The van der Waals surface area contributed by atoms with Crippen LogP contribution in [0.5, 0.6) is 0 Å². The van der Waals surface area contributed by atoms with Crippen LogP contribution >= 0.6 is 11.3 Å². The van der Waals surface area contributed by atoms with Gasteiger partial charge in [-0.3, -0.25) is 14.5 Å². The topological polar surface area (TPSA) is 93.9 Å². The second kappa shape index (κ2) is 8.05. The number of nitrogens with zero attached hydrogens (tertiary/aromatic N) is 3. The Bertz CT molecular complexity index is 857. The Kier molecular flexibility index (Phi) is 5.75. The van der Waals surface area contributed by atoms with Crippen LogP contribution in [-0.2, 0) is 14.3 Å². The summed E-state index contributed by atoms with van der Waals surface area (Å²) in [5, 5.41) is 20.1. The molecule has 3 heterocycles. The minimum absolute atomic E-state index is 0.0635. The molecule has 27 heavy (non-hydrogen) atoms. The standard InChI is InChI=1S/C19H21N3O4S/c1-12(23)11-22-18(24)15(13(2)16(10-20)19(22)25)9-14-3-4-17(27-14)21-5-7-26-8-6-21/h3-4,9,12,23H,5-8,11H2,1-2H3/b15-9+. The van der Waals surface area contributed by atoms with E-state index in [4.69, 9.17) is 4.74 Å². The Morgan fingerprint density at radius 1 is 1.33 bits per heavy atom. The minimum Gasteiger partial charge on any atom is -0.392 e. The second-order valence-electron chi connectivity index (χ2n) is 6.52. The smallest absolute Gasteiger partial charge is 0.271 e. The fraction of sp³-hybridized carbons (Fsp3) is 0.421. The molecule has 8 heteroatoms. The Balaban J connectivity index is 1.94. The molecule has 1 N–H and O–H groups in total. The number of hydrogen-bond acceptors (Lipinski definition) is 7. The number of morpholine rings is 1. The average molecular weight is 387 g/mol. The van der Waals surface area contributed by atoms with Crippen LogP contribution in [0.2, 0.25) is 0 Å². The number of rotatable bonds is 4. The second-order valence-corrected chi connectivity index (χ2v) is 7.61. The van der Waals surface area contributed by atoms with E-state index < -0.39 is 17.9 Å². The van der Waals surface area contributed by atoms with E-state index in [0.717, 1.165) is 27.9 Å². The van der Waals surface area contributed by atoms with Gasteiger partial charge < -0.3 is 14.7 Å². The number of thiophene rings is 1. The third kappa shape index (κ3) is 3.95. The molecule has 0 radical (unpaired) electrons. The van der Waals surface area contributed by atoms with Crippen molar-refractivity contribution in [2.24, 2.45) is 0 Å². The number of carbonyl (C=O) groups excluding carboxylic acids is 2. The van der Waals surface area contributed by atoms with E-state index in [1.807, 2.05) is 18.2 Å². The molecule has 1 atom stereocenters. The van der Waals surface area contributed by atoms with Gasteiger partial charge in [-0.15, -0.1) is 11.3 Å². The molecule has 3 rings (SSSR count). The fourth-order valence-corrected chi connectivity index (χ4v) is 4.08. The molecule has 0 aliphatic carbocycles. The van der Waals surface area contributed by atoms with E-state index in [-0.39, 0.29) is 12.1 Å². The quantitative estimate of drug-likeness (QED) is 0.622. The lowest BCUT2D eigenvalue weighted by Gasteiger charge is -2.28. The van der Waals surface area contributed by atoms with E-state index in [1.165, 1.54) is 6.92 Å². The first kappa shape index (κ1) is 19.3. The number of aliphatic hydroxyl groups is 1. The van der Waals surface area contributed by atoms with Gasteiger partial charge in [-0.25, -0.2) is 0 Å². The molecule has 2 aliphatic heterocycles. The van der Waals surface area contributed by atoms with Crippen molar-refractivity contribution in [2.75, 3.05) is 37.7 Å². The van der Waals surface area contributed by atoms with Crippen molar-refractivity contribution in [1.82, 2.24) is 4.90 Å². The first-order chi connectivity index (χ1) is 12.9. The number of carbonyl (C=O) groups is 2. The van der Waals surface area contributed by atoms with Crippen LogP contribution < -0.4 is 4.90 Å². The number of nitriles is 1. The molecule has 0 spiro atoms. The summed E-state index contributed by atoms with van der Waals surface area (Å²) in [5.41, 5.74) is 0.615. The Morgan fingerprint density at radius 2 is 2.04 bits per heavy atom. The predicted octanol–water partition coefficient (Wildman–Crippen LogP) is 1.56. The van der Waals surface area contributed by atoms with Gasteiger partial charge in [-0.2, -0.15) is 5.26 Å². The molecule has 2 aliphatic rings. The Hall–Kier alpha value is -2.47.